The van der Waals surface area contributed by atoms with Gasteiger partial charge in [-0.3, -0.25) is 0 Å². The molecule has 0 radical (unpaired) electrons. The first-order valence-electron chi connectivity index (χ1n) is 8.24. The Morgan fingerprint density at radius 3 is 2.67 bits per heavy atom. The Bertz CT molecular complexity index is 1030. The van der Waals surface area contributed by atoms with Crippen LogP contribution in [0.2, 0.25) is 0 Å². The Morgan fingerprint density at radius 1 is 1.07 bits per heavy atom. The summed E-state index contributed by atoms with van der Waals surface area (Å²) in [5.74, 6) is 0.934. The molecule has 0 amide bonds. The van der Waals surface area contributed by atoms with Crippen LogP contribution >= 0.6 is 22.7 Å². The molecule has 0 aliphatic carbocycles. The SMILES string of the molecule is O=S(=O)(NC[C@H](O)c1ccc(-c2cccs2)s1)c1ccc2c(c1)OCCO2. The summed E-state index contributed by atoms with van der Waals surface area (Å²) >= 11 is 3.08. The van der Waals surface area contributed by atoms with Crippen molar-refractivity contribution >= 4 is 32.7 Å². The molecule has 2 N–H and O–H groups in total. The fourth-order valence-electron chi connectivity index (χ4n) is 2.65. The van der Waals surface area contributed by atoms with Gasteiger partial charge in [-0.25, -0.2) is 13.1 Å². The average Bonchev–Trinajstić information content (AvgIpc) is 3.37. The quantitative estimate of drug-likeness (QED) is 0.636. The van der Waals surface area contributed by atoms with Gasteiger partial charge in [0.1, 0.15) is 19.3 Å². The maximum absolute atomic E-state index is 12.5. The van der Waals surface area contributed by atoms with Crippen molar-refractivity contribution in [3.8, 4) is 21.3 Å². The predicted molar refractivity (Wildman–Crippen MR) is 105 cm³/mol. The van der Waals surface area contributed by atoms with E-state index in [0.29, 0.717) is 29.6 Å². The second-order valence-corrected chi connectivity index (χ2v) is 9.68. The first kappa shape index (κ1) is 18.5. The molecule has 9 heteroatoms. The second-order valence-electron chi connectivity index (χ2n) is 5.85. The van der Waals surface area contributed by atoms with E-state index in [1.165, 1.54) is 23.5 Å². The molecule has 2 aromatic heterocycles. The van der Waals surface area contributed by atoms with Crippen molar-refractivity contribution in [3.05, 3.63) is 52.7 Å². The molecule has 0 bridgehead atoms. The molecule has 27 heavy (non-hydrogen) atoms. The van der Waals surface area contributed by atoms with Crippen LogP contribution in [-0.4, -0.2) is 33.3 Å². The molecular weight excluding hydrogens is 406 g/mol. The Balaban J connectivity index is 1.44. The number of aliphatic hydroxyl groups excluding tert-OH is 1. The number of hydrogen-bond donors (Lipinski definition) is 2. The van der Waals surface area contributed by atoms with Crippen LogP contribution in [-0.2, 0) is 10.0 Å². The minimum absolute atomic E-state index is 0.0735. The van der Waals surface area contributed by atoms with Gasteiger partial charge in [0.15, 0.2) is 11.5 Å². The van der Waals surface area contributed by atoms with E-state index in [1.807, 2.05) is 29.6 Å². The minimum atomic E-state index is -3.77. The Labute approximate surface area is 165 Å². The summed E-state index contributed by atoms with van der Waals surface area (Å²) in [5, 5.41) is 12.4. The highest BCUT2D eigenvalue weighted by Crippen LogP contribution is 2.34. The van der Waals surface area contributed by atoms with Crippen LogP contribution in [0, 0.1) is 0 Å². The zero-order valence-electron chi connectivity index (χ0n) is 14.1. The molecule has 1 aliphatic heterocycles. The van der Waals surface area contributed by atoms with Gasteiger partial charge in [-0.05, 0) is 35.7 Å². The number of aliphatic hydroxyl groups is 1. The number of nitrogens with one attached hydrogen (secondary N) is 1. The van der Waals surface area contributed by atoms with E-state index >= 15 is 0 Å². The van der Waals surface area contributed by atoms with Gasteiger partial charge >= 0.3 is 0 Å². The lowest BCUT2D eigenvalue weighted by Crippen LogP contribution is -2.28. The van der Waals surface area contributed by atoms with Crippen molar-refractivity contribution in [3.63, 3.8) is 0 Å². The van der Waals surface area contributed by atoms with Crippen molar-refractivity contribution in [1.82, 2.24) is 4.72 Å². The molecule has 1 aromatic carbocycles. The molecule has 0 unspecified atom stereocenters. The first-order chi connectivity index (χ1) is 13.0. The van der Waals surface area contributed by atoms with Crippen LogP contribution in [0.5, 0.6) is 11.5 Å². The third kappa shape index (κ3) is 4.02. The first-order valence-corrected chi connectivity index (χ1v) is 11.4. The zero-order chi connectivity index (χ0) is 18.9. The normalized spacial score (nSPS) is 14.9. The largest absolute Gasteiger partial charge is 0.486 e. The van der Waals surface area contributed by atoms with E-state index in [0.717, 1.165) is 9.75 Å². The number of sulfonamides is 1. The fraction of sp³-hybridized carbons (Fsp3) is 0.222. The van der Waals surface area contributed by atoms with Crippen LogP contribution < -0.4 is 14.2 Å². The lowest BCUT2D eigenvalue weighted by Gasteiger charge is -2.19. The summed E-state index contributed by atoms with van der Waals surface area (Å²) in [7, 11) is -3.77. The van der Waals surface area contributed by atoms with Crippen LogP contribution in [0.15, 0.2) is 52.7 Å². The Morgan fingerprint density at radius 2 is 1.89 bits per heavy atom. The topological polar surface area (TPSA) is 84.9 Å². The van der Waals surface area contributed by atoms with Crippen LogP contribution in [0.4, 0.5) is 0 Å². The van der Waals surface area contributed by atoms with Crippen LogP contribution in [0.1, 0.15) is 11.0 Å². The maximum atomic E-state index is 12.5. The summed E-state index contributed by atoms with van der Waals surface area (Å²) in [6, 6.07) is 12.2. The summed E-state index contributed by atoms with van der Waals surface area (Å²) in [6.07, 6.45) is -0.921. The van der Waals surface area contributed by atoms with Gasteiger partial charge in [0.25, 0.3) is 0 Å². The standard InChI is InChI=1S/C18H17NO5S3/c20-13(16-5-6-18(26-16)17-2-1-9-25-17)11-19-27(21,22)12-3-4-14-15(10-12)24-8-7-23-14/h1-6,9-10,13,19-20H,7-8,11H2/t13-/m0/s1. The van der Waals surface area contributed by atoms with Crippen molar-refractivity contribution in [2.24, 2.45) is 0 Å². The molecule has 3 heterocycles. The van der Waals surface area contributed by atoms with Gasteiger partial charge in [-0.15, -0.1) is 22.7 Å². The van der Waals surface area contributed by atoms with Crippen LogP contribution in [0.25, 0.3) is 9.75 Å². The molecule has 1 aliphatic rings. The minimum Gasteiger partial charge on any atom is -0.486 e. The molecule has 0 saturated carbocycles. The zero-order valence-corrected chi connectivity index (χ0v) is 16.6. The van der Waals surface area contributed by atoms with E-state index in [-0.39, 0.29) is 11.4 Å². The number of hydrogen-bond acceptors (Lipinski definition) is 7. The van der Waals surface area contributed by atoms with Crippen molar-refractivity contribution in [2.75, 3.05) is 19.8 Å². The van der Waals surface area contributed by atoms with E-state index in [1.54, 1.807) is 17.4 Å². The van der Waals surface area contributed by atoms with Crippen LogP contribution in [0.3, 0.4) is 0 Å². The second kappa shape index (κ2) is 7.61. The molecule has 6 nitrogen and oxygen atoms in total. The number of fused-ring (bicyclic) bond motifs is 1. The van der Waals surface area contributed by atoms with Gasteiger partial charge in [0.2, 0.25) is 10.0 Å². The number of rotatable bonds is 6. The Hall–Kier alpha value is -1.91. The predicted octanol–water partition coefficient (Wildman–Crippen LogP) is 3.26. The molecule has 0 fully saturated rings. The highest BCUT2D eigenvalue weighted by molar-refractivity contribution is 7.89. The molecule has 142 valence electrons. The molecule has 3 aromatic rings. The third-order valence-corrected chi connectivity index (χ3v) is 7.68. The summed E-state index contributed by atoms with van der Waals surface area (Å²) < 4.78 is 38.4. The summed E-state index contributed by atoms with van der Waals surface area (Å²) in [4.78, 5) is 2.96. The highest BCUT2D eigenvalue weighted by Gasteiger charge is 2.21. The van der Waals surface area contributed by atoms with Crippen molar-refractivity contribution in [1.29, 1.82) is 0 Å². The number of thiophene rings is 2. The van der Waals surface area contributed by atoms with E-state index in [4.69, 9.17) is 9.47 Å². The van der Waals surface area contributed by atoms with E-state index in [2.05, 4.69) is 4.72 Å². The number of ether oxygens (including phenoxy) is 2. The molecule has 4 rings (SSSR count). The fourth-order valence-corrected chi connectivity index (χ4v) is 5.53. The third-order valence-electron chi connectivity index (χ3n) is 4.01. The smallest absolute Gasteiger partial charge is 0.240 e. The molecular formula is C18H17NO5S3. The summed E-state index contributed by atoms with van der Waals surface area (Å²) in [5.41, 5.74) is 0. The lowest BCUT2D eigenvalue weighted by molar-refractivity contribution is 0.171. The molecule has 0 spiro atoms. The van der Waals surface area contributed by atoms with Gasteiger partial charge < -0.3 is 14.6 Å². The molecule has 0 saturated heterocycles. The lowest BCUT2D eigenvalue weighted by atomic mass is 10.3. The highest BCUT2D eigenvalue weighted by atomic mass is 32.2. The Kier molecular flexibility index (Phi) is 5.20. The van der Waals surface area contributed by atoms with Gasteiger partial charge in [0, 0.05) is 27.2 Å². The van der Waals surface area contributed by atoms with Gasteiger partial charge in [-0.2, -0.15) is 0 Å². The van der Waals surface area contributed by atoms with Crippen molar-refractivity contribution in [2.45, 2.75) is 11.0 Å². The average molecular weight is 424 g/mol. The monoisotopic (exact) mass is 423 g/mol. The number of benzene rings is 1. The van der Waals surface area contributed by atoms with Gasteiger partial charge in [0.05, 0.1) is 4.90 Å². The summed E-state index contributed by atoms with van der Waals surface area (Å²) in [6.45, 7) is 0.715. The van der Waals surface area contributed by atoms with Crippen molar-refractivity contribution < 1.29 is 23.0 Å². The van der Waals surface area contributed by atoms with E-state index < -0.39 is 16.1 Å². The molecule has 1 atom stereocenters. The van der Waals surface area contributed by atoms with E-state index in [9.17, 15) is 13.5 Å². The maximum Gasteiger partial charge on any atom is 0.240 e. The van der Waals surface area contributed by atoms with Gasteiger partial charge in [-0.1, -0.05) is 6.07 Å².